The first-order valence-corrected chi connectivity index (χ1v) is 8.27. The molecule has 1 N–H and O–H groups in total. The van der Waals surface area contributed by atoms with Crippen LogP contribution in [0.3, 0.4) is 0 Å². The normalized spacial score (nSPS) is 33.0. The molecule has 1 saturated carbocycles. The summed E-state index contributed by atoms with van der Waals surface area (Å²) in [5.74, 6) is 2.51. The minimum absolute atomic E-state index is 0.0640. The third-order valence-electron chi connectivity index (χ3n) is 3.49. The Hall–Kier alpha value is 0.660. The van der Waals surface area contributed by atoms with Crippen LogP contribution in [0.4, 0.5) is 0 Å². The highest BCUT2D eigenvalue weighted by atomic mass is 32.2. The highest BCUT2D eigenvalue weighted by Gasteiger charge is 2.40. The Morgan fingerprint density at radius 2 is 1.53 bits per heavy atom. The van der Waals surface area contributed by atoms with E-state index in [9.17, 15) is 5.11 Å². The van der Waals surface area contributed by atoms with Gasteiger partial charge in [0.1, 0.15) is 0 Å². The van der Waals surface area contributed by atoms with Crippen LogP contribution < -0.4 is 0 Å². The van der Waals surface area contributed by atoms with Crippen LogP contribution in [0.1, 0.15) is 51.4 Å². The van der Waals surface area contributed by atoms with Gasteiger partial charge in [0.2, 0.25) is 0 Å². The molecule has 1 aliphatic heterocycles. The van der Waals surface area contributed by atoms with Crippen molar-refractivity contribution < 1.29 is 5.11 Å². The van der Waals surface area contributed by atoms with Crippen molar-refractivity contribution in [2.45, 2.75) is 61.5 Å². The van der Waals surface area contributed by atoms with E-state index in [0.29, 0.717) is 0 Å². The molecule has 2 aliphatic rings. The molecular weight excluding hydrogens is 224 g/mol. The molecule has 1 unspecified atom stereocenters. The van der Waals surface area contributed by atoms with Gasteiger partial charge in [-0.25, -0.2) is 0 Å². The van der Waals surface area contributed by atoms with E-state index in [1.807, 2.05) is 23.5 Å². The molecule has 1 atom stereocenters. The smallest absolute Gasteiger partial charge is 0.0868 e. The molecule has 1 spiro atoms. The fourth-order valence-electron chi connectivity index (χ4n) is 2.55. The van der Waals surface area contributed by atoms with E-state index in [0.717, 1.165) is 6.42 Å². The van der Waals surface area contributed by atoms with Crippen molar-refractivity contribution in [2.24, 2.45) is 0 Å². The summed E-state index contributed by atoms with van der Waals surface area (Å²) in [7, 11) is 0. The van der Waals surface area contributed by atoms with Crippen molar-refractivity contribution in [1.82, 2.24) is 0 Å². The topological polar surface area (TPSA) is 20.2 Å². The maximum atomic E-state index is 10.4. The summed E-state index contributed by atoms with van der Waals surface area (Å²) in [6.07, 6.45) is 10.1. The molecule has 2 fully saturated rings. The highest BCUT2D eigenvalue weighted by Crippen LogP contribution is 2.49. The third-order valence-corrected chi connectivity index (χ3v) is 7.11. The molecule has 0 aromatic carbocycles. The zero-order valence-electron chi connectivity index (χ0n) is 9.41. The van der Waals surface area contributed by atoms with Gasteiger partial charge in [-0.1, -0.05) is 32.1 Å². The van der Waals surface area contributed by atoms with Gasteiger partial charge < -0.3 is 5.11 Å². The van der Waals surface area contributed by atoms with Crippen molar-refractivity contribution in [3.05, 3.63) is 0 Å². The Labute approximate surface area is 102 Å². The second-order valence-electron chi connectivity index (χ2n) is 4.68. The van der Waals surface area contributed by atoms with Gasteiger partial charge in [-0.2, -0.15) is 0 Å². The van der Waals surface area contributed by atoms with E-state index in [1.165, 1.54) is 56.5 Å². The number of hydrogen-bond donors (Lipinski definition) is 1. The lowest BCUT2D eigenvalue weighted by Crippen LogP contribution is -2.38. The lowest BCUT2D eigenvalue weighted by molar-refractivity contribution is 0.145. The van der Waals surface area contributed by atoms with Crippen LogP contribution in [-0.4, -0.2) is 26.8 Å². The lowest BCUT2D eigenvalue weighted by Gasteiger charge is -2.39. The van der Waals surface area contributed by atoms with Gasteiger partial charge in [0.15, 0.2) is 0 Å². The summed E-state index contributed by atoms with van der Waals surface area (Å²) < 4.78 is 0.169. The van der Waals surface area contributed by atoms with Gasteiger partial charge in [0.25, 0.3) is 0 Å². The number of thioether (sulfide) groups is 2. The van der Waals surface area contributed by atoms with Crippen LogP contribution in [-0.2, 0) is 0 Å². The van der Waals surface area contributed by atoms with Crippen molar-refractivity contribution in [1.29, 1.82) is 0 Å². The molecule has 2 rings (SSSR count). The predicted octanol–water partition coefficient (Wildman–Crippen LogP) is 3.66. The Balaban J connectivity index is 2.02. The Bertz CT molecular complexity index is 190. The summed E-state index contributed by atoms with van der Waals surface area (Å²) >= 11 is 4.08. The van der Waals surface area contributed by atoms with Gasteiger partial charge in [0.05, 0.1) is 10.2 Å². The molecule has 3 heteroatoms. The van der Waals surface area contributed by atoms with Gasteiger partial charge >= 0.3 is 0 Å². The average Bonchev–Trinajstić information content (AvgIpc) is 2.35. The Morgan fingerprint density at radius 1 is 0.867 bits per heavy atom. The fraction of sp³-hybridized carbons (Fsp3) is 1.00. The Kier molecular flexibility index (Phi) is 4.71. The standard InChI is InChI=1S/C12H22OS2/c13-11-7-4-2-1-3-5-8-12(11)14-9-6-10-15-12/h11,13H,1-10H2. The number of aliphatic hydroxyl groups is 1. The van der Waals surface area contributed by atoms with E-state index in [2.05, 4.69) is 0 Å². The first kappa shape index (κ1) is 12.1. The maximum Gasteiger partial charge on any atom is 0.0868 e. The minimum Gasteiger partial charge on any atom is -0.391 e. The minimum atomic E-state index is -0.0640. The van der Waals surface area contributed by atoms with Gasteiger partial charge in [0, 0.05) is 0 Å². The molecule has 88 valence electrons. The molecule has 1 heterocycles. The molecule has 0 bridgehead atoms. The molecule has 0 amide bonds. The van der Waals surface area contributed by atoms with Crippen LogP contribution in [0.5, 0.6) is 0 Å². The zero-order chi connectivity index (χ0) is 10.6. The van der Waals surface area contributed by atoms with E-state index >= 15 is 0 Å². The summed E-state index contributed by atoms with van der Waals surface area (Å²) in [5, 5.41) is 10.4. The fourth-order valence-corrected chi connectivity index (χ4v) is 6.04. The number of rotatable bonds is 0. The predicted molar refractivity (Wildman–Crippen MR) is 70.6 cm³/mol. The van der Waals surface area contributed by atoms with Gasteiger partial charge in [-0.15, -0.1) is 23.5 Å². The lowest BCUT2D eigenvalue weighted by atomic mass is 10.1. The first-order chi connectivity index (χ1) is 7.33. The van der Waals surface area contributed by atoms with Crippen LogP contribution >= 0.6 is 23.5 Å². The van der Waals surface area contributed by atoms with Crippen molar-refractivity contribution in [3.8, 4) is 0 Å². The van der Waals surface area contributed by atoms with Crippen molar-refractivity contribution in [3.63, 3.8) is 0 Å². The van der Waals surface area contributed by atoms with E-state index in [4.69, 9.17) is 0 Å². The Morgan fingerprint density at radius 3 is 2.33 bits per heavy atom. The van der Waals surface area contributed by atoms with Crippen LogP contribution in [0, 0.1) is 0 Å². The number of hydrogen-bond acceptors (Lipinski definition) is 3. The van der Waals surface area contributed by atoms with Gasteiger partial charge in [-0.05, 0) is 30.8 Å². The summed E-state index contributed by atoms with van der Waals surface area (Å²) in [6, 6.07) is 0. The first-order valence-electron chi connectivity index (χ1n) is 6.29. The molecule has 0 aromatic rings. The highest BCUT2D eigenvalue weighted by molar-refractivity contribution is 8.18. The van der Waals surface area contributed by atoms with Crippen molar-refractivity contribution >= 4 is 23.5 Å². The van der Waals surface area contributed by atoms with Crippen LogP contribution in [0.15, 0.2) is 0 Å². The van der Waals surface area contributed by atoms with E-state index in [-0.39, 0.29) is 10.2 Å². The largest absolute Gasteiger partial charge is 0.391 e. The maximum absolute atomic E-state index is 10.4. The van der Waals surface area contributed by atoms with Crippen molar-refractivity contribution in [2.75, 3.05) is 11.5 Å². The molecule has 1 saturated heterocycles. The number of aliphatic hydroxyl groups excluding tert-OH is 1. The second kappa shape index (κ2) is 5.83. The van der Waals surface area contributed by atoms with Gasteiger partial charge in [-0.3, -0.25) is 0 Å². The second-order valence-corrected chi connectivity index (χ2v) is 7.79. The van der Waals surface area contributed by atoms with Crippen LogP contribution in [0.2, 0.25) is 0 Å². The van der Waals surface area contributed by atoms with E-state index in [1.54, 1.807) is 0 Å². The molecule has 0 radical (unpaired) electrons. The third kappa shape index (κ3) is 3.07. The quantitative estimate of drug-likeness (QED) is 0.704. The average molecular weight is 246 g/mol. The summed E-state index contributed by atoms with van der Waals surface area (Å²) in [6.45, 7) is 0. The molecule has 15 heavy (non-hydrogen) atoms. The summed E-state index contributed by atoms with van der Waals surface area (Å²) in [5.41, 5.74) is 0. The molecule has 1 aliphatic carbocycles. The molecule has 1 nitrogen and oxygen atoms in total. The summed E-state index contributed by atoms with van der Waals surface area (Å²) in [4.78, 5) is 0. The molecule has 0 aromatic heterocycles. The van der Waals surface area contributed by atoms with Crippen LogP contribution in [0.25, 0.3) is 0 Å². The monoisotopic (exact) mass is 246 g/mol. The van der Waals surface area contributed by atoms with E-state index < -0.39 is 0 Å². The zero-order valence-corrected chi connectivity index (χ0v) is 11.0. The SMILES string of the molecule is OC1CCCCCCCC12SCCCS2. The molecular formula is C12H22OS2.